The van der Waals surface area contributed by atoms with Crippen LogP contribution in [-0.2, 0) is 6.54 Å². The highest BCUT2D eigenvalue weighted by molar-refractivity contribution is 6.07. The van der Waals surface area contributed by atoms with E-state index in [2.05, 4.69) is 15.4 Å². The minimum Gasteiger partial charge on any atom is -0.497 e. The fourth-order valence-corrected chi connectivity index (χ4v) is 3.15. The Morgan fingerprint density at radius 3 is 2.79 bits per heavy atom. The SMILES string of the molecule is COc1ccc2nc(C)c(C(=O)Nc3ccccc3Cn3cccn3)cc2c1. The molecular weight excluding hydrogens is 352 g/mol. The Morgan fingerprint density at radius 2 is 2.00 bits per heavy atom. The Bertz CT molecular complexity index is 1140. The first-order chi connectivity index (χ1) is 13.6. The predicted octanol–water partition coefficient (Wildman–Crippen LogP) is 4.05. The number of nitrogens with one attached hydrogen (secondary N) is 1. The summed E-state index contributed by atoms with van der Waals surface area (Å²) >= 11 is 0. The molecule has 0 radical (unpaired) electrons. The largest absolute Gasteiger partial charge is 0.497 e. The molecular formula is C22H20N4O2. The van der Waals surface area contributed by atoms with Crippen LogP contribution in [0, 0.1) is 6.92 Å². The van der Waals surface area contributed by atoms with Gasteiger partial charge in [0.15, 0.2) is 0 Å². The first kappa shape index (κ1) is 17.7. The quantitative estimate of drug-likeness (QED) is 0.574. The number of carbonyl (C=O) groups excluding carboxylic acids is 1. The van der Waals surface area contributed by atoms with E-state index in [9.17, 15) is 4.79 Å². The minimum atomic E-state index is -0.192. The number of nitrogens with zero attached hydrogens (tertiary/aromatic N) is 3. The highest BCUT2D eigenvalue weighted by Crippen LogP contribution is 2.23. The van der Waals surface area contributed by atoms with E-state index in [-0.39, 0.29) is 5.91 Å². The van der Waals surface area contributed by atoms with Crippen LogP contribution in [0.4, 0.5) is 5.69 Å². The second kappa shape index (κ2) is 7.52. The van der Waals surface area contributed by atoms with Gasteiger partial charge < -0.3 is 10.1 Å². The number of benzene rings is 2. The summed E-state index contributed by atoms with van der Waals surface area (Å²) in [7, 11) is 1.62. The zero-order valence-electron chi connectivity index (χ0n) is 15.7. The Hall–Kier alpha value is -3.67. The molecule has 0 unspecified atom stereocenters. The van der Waals surface area contributed by atoms with Crippen LogP contribution < -0.4 is 10.1 Å². The van der Waals surface area contributed by atoms with E-state index in [4.69, 9.17) is 4.74 Å². The number of hydrogen-bond acceptors (Lipinski definition) is 4. The Balaban J connectivity index is 1.64. The number of pyridine rings is 1. The number of hydrogen-bond donors (Lipinski definition) is 1. The van der Waals surface area contributed by atoms with Crippen LogP contribution in [0.2, 0.25) is 0 Å². The van der Waals surface area contributed by atoms with Crippen LogP contribution in [-0.4, -0.2) is 27.8 Å². The van der Waals surface area contributed by atoms with Crippen LogP contribution in [0.3, 0.4) is 0 Å². The number of rotatable bonds is 5. The monoisotopic (exact) mass is 372 g/mol. The number of anilines is 1. The van der Waals surface area contributed by atoms with Gasteiger partial charge in [0.25, 0.3) is 5.91 Å². The first-order valence-electron chi connectivity index (χ1n) is 8.96. The molecule has 0 fully saturated rings. The second-order valence-electron chi connectivity index (χ2n) is 6.49. The molecule has 0 bridgehead atoms. The second-order valence-corrected chi connectivity index (χ2v) is 6.49. The van der Waals surface area contributed by atoms with E-state index in [1.54, 1.807) is 13.3 Å². The van der Waals surface area contributed by atoms with E-state index in [0.717, 1.165) is 27.9 Å². The number of para-hydroxylation sites is 1. The summed E-state index contributed by atoms with van der Waals surface area (Å²) in [4.78, 5) is 17.5. The fraction of sp³-hybridized carbons (Fsp3) is 0.136. The van der Waals surface area contributed by atoms with Crippen molar-refractivity contribution in [3.8, 4) is 5.75 Å². The summed E-state index contributed by atoms with van der Waals surface area (Å²) in [6, 6.07) is 17.1. The van der Waals surface area contributed by atoms with E-state index in [1.807, 2.05) is 72.4 Å². The van der Waals surface area contributed by atoms with E-state index in [1.165, 1.54) is 0 Å². The molecule has 2 heterocycles. The zero-order valence-corrected chi connectivity index (χ0v) is 15.7. The summed E-state index contributed by atoms with van der Waals surface area (Å²) in [5.74, 6) is 0.539. The maximum atomic E-state index is 13.0. The van der Waals surface area contributed by atoms with Gasteiger partial charge in [-0.05, 0) is 48.9 Å². The van der Waals surface area contributed by atoms with Crippen molar-refractivity contribution in [2.24, 2.45) is 0 Å². The Kier molecular flexibility index (Phi) is 4.76. The topological polar surface area (TPSA) is 69.0 Å². The van der Waals surface area contributed by atoms with Crippen molar-refractivity contribution in [1.82, 2.24) is 14.8 Å². The van der Waals surface area contributed by atoms with Gasteiger partial charge in [-0.15, -0.1) is 0 Å². The first-order valence-corrected chi connectivity index (χ1v) is 8.96. The Labute approximate surface area is 162 Å². The molecule has 0 spiro atoms. The number of amides is 1. The van der Waals surface area contributed by atoms with Crippen LogP contribution in [0.15, 0.2) is 67.0 Å². The maximum Gasteiger partial charge on any atom is 0.257 e. The summed E-state index contributed by atoms with van der Waals surface area (Å²) in [5, 5.41) is 8.12. The molecule has 28 heavy (non-hydrogen) atoms. The third-order valence-electron chi connectivity index (χ3n) is 4.61. The van der Waals surface area contributed by atoms with Crippen molar-refractivity contribution >= 4 is 22.5 Å². The molecule has 2 aromatic carbocycles. The molecule has 6 nitrogen and oxygen atoms in total. The molecule has 1 N–H and O–H groups in total. The van der Waals surface area contributed by atoms with E-state index in [0.29, 0.717) is 17.8 Å². The summed E-state index contributed by atoms with van der Waals surface area (Å²) < 4.78 is 7.10. The third-order valence-corrected chi connectivity index (χ3v) is 4.61. The molecule has 0 saturated carbocycles. The van der Waals surface area contributed by atoms with Crippen molar-refractivity contribution in [2.45, 2.75) is 13.5 Å². The zero-order chi connectivity index (χ0) is 19.5. The number of methoxy groups -OCH3 is 1. The van der Waals surface area contributed by atoms with Crippen LogP contribution >= 0.6 is 0 Å². The maximum absolute atomic E-state index is 13.0. The van der Waals surface area contributed by atoms with Gasteiger partial charge in [0.1, 0.15) is 5.75 Å². The lowest BCUT2D eigenvalue weighted by Gasteiger charge is -2.13. The van der Waals surface area contributed by atoms with Crippen molar-refractivity contribution in [2.75, 3.05) is 12.4 Å². The molecule has 1 amide bonds. The molecule has 0 aliphatic carbocycles. The molecule has 140 valence electrons. The highest BCUT2D eigenvalue weighted by Gasteiger charge is 2.14. The van der Waals surface area contributed by atoms with Gasteiger partial charge in [-0.25, -0.2) is 0 Å². The van der Waals surface area contributed by atoms with Gasteiger partial charge >= 0.3 is 0 Å². The van der Waals surface area contributed by atoms with Crippen molar-refractivity contribution in [3.05, 3.63) is 83.8 Å². The van der Waals surface area contributed by atoms with Gasteiger partial charge in [-0.2, -0.15) is 5.10 Å². The molecule has 0 atom stereocenters. The average Bonchev–Trinajstić information content (AvgIpc) is 3.21. The molecule has 4 rings (SSSR count). The van der Waals surface area contributed by atoms with Gasteiger partial charge in [0.05, 0.1) is 30.4 Å². The van der Waals surface area contributed by atoms with Crippen molar-refractivity contribution < 1.29 is 9.53 Å². The van der Waals surface area contributed by atoms with E-state index < -0.39 is 0 Å². The van der Waals surface area contributed by atoms with Gasteiger partial charge in [0, 0.05) is 23.5 Å². The molecule has 4 aromatic rings. The van der Waals surface area contributed by atoms with Crippen LogP contribution in [0.5, 0.6) is 5.75 Å². The van der Waals surface area contributed by atoms with Gasteiger partial charge in [-0.1, -0.05) is 18.2 Å². The smallest absolute Gasteiger partial charge is 0.257 e. The molecule has 0 aliphatic rings. The lowest BCUT2D eigenvalue weighted by molar-refractivity contribution is 0.102. The number of ether oxygens (including phenoxy) is 1. The van der Waals surface area contributed by atoms with E-state index >= 15 is 0 Å². The van der Waals surface area contributed by atoms with Gasteiger partial charge in [0.2, 0.25) is 0 Å². The predicted molar refractivity (Wildman–Crippen MR) is 109 cm³/mol. The number of aryl methyl sites for hydroxylation is 1. The standard InChI is InChI=1S/C22H20N4O2/c1-15-19(13-17-12-18(28-2)8-9-21(17)24-15)22(27)25-20-7-4-3-6-16(20)14-26-11-5-10-23-26/h3-13H,14H2,1-2H3,(H,25,27). The minimum absolute atomic E-state index is 0.192. The fourth-order valence-electron chi connectivity index (χ4n) is 3.15. The van der Waals surface area contributed by atoms with Crippen molar-refractivity contribution in [1.29, 1.82) is 0 Å². The summed E-state index contributed by atoms with van der Waals surface area (Å²) in [6.07, 6.45) is 3.63. The third kappa shape index (κ3) is 3.57. The number of carbonyl (C=O) groups is 1. The lowest BCUT2D eigenvalue weighted by Crippen LogP contribution is -2.16. The summed E-state index contributed by atoms with van der Waals surface area (Å²) in [6.45, 7) is 2.42. The molecule has 0 saturated heterocycles. The van der Waals surface area contributed by atoms with Crippen LogP contribution in [0.1, 0.15) is 21.6 Å². The lowest BCUT2D eigenvalue weighted by atomic mass is 10.1. The molecule has 2 aromatic heterocycles. The number of aromatic nitrogens is 3. The van der Waals surface area contributed by atoms with Crippen molar-refractivity contribution in [3.63, 3.8) is 0 Å². The highest BCUT2D eigenvalue weighted by atomic mass is 16.5. The van der Waals surface area contributed by atoms with Crippen LogP contribution in [0.25, 0.3) is 10.9 Å². The normalized spacial score (nSPS) is 10.8. The Morgan fingerprint density at radius 1 is 1.14 bits per heavy atom. The summed E-state index contributed by atoms with van der Waals surface area (Å²) in [5.41, 5.74) is 3.78. The molecule has 0 aliphatic heterocycles. The molecule has 6 heteroatoms. The number of fused-ring (bicyclic) bond motifs is 1. The average molecular weight is 372 g/mol. The van der Waals surface area contributed by atoms with Gasteiger partial charge in [-0.3, -0.25) is 14.5 Å².